The van der Waals surface area contributed by atoms with E-state index in [1.54, 1.807) is 0 Å². The van der Waals surface area contributed by atoms with Gasteiger partial charge >= 0.3 is 9.76 Å². The Bertz CT molecular complexity index is 75.5. The predicted octanol–water partition coefficient (Wildman–Crippen LogP) is -0.809. The molecule has 0 aromatic rings. The molecule has 0 bridgehead atoms. The molecule has 0 atom stereocenters. The largest absolute Gasteiger partial charge is 0.428 e. The first-order valence-electron chi connectivity index (χ1n) is 2.75. The number of rotatable bonds is 5. The van der Waals surface area contributed by atoms with Crippen LogP contribution in [0.4, 0.5) is 0 Å². The van der Waals surface area contributed by atoms with E-state index in [9.17, 15) is 0 Å². The second kappa shape index (κ2) is 4.81. The molecule has 0 unspecified atom stereocenters. The Morgan fingerprint density at radius 1 is 1.30 bits per heavy atom. The van der Waals surface area contributed by atoms with Crippen LogP contribution in [-0.4, -0.2) is 47.9 Å². The van der Waals surface area contributed by atoms with Gasteiger partial charge in [-0.25, -0.2) is 0 Å². The predicted molar refractivity (Wildman–Crippen MR) is 36.6 cm³/mol. The fourth-order valence-corrected chi connectivity index (χ4v) is 0.906. The highest BCUT2D eigenvalue weighted by Gasteiger charge is 2.30. The van der Waals surface area contributed by atoms with Crippen LogP contribution in [0.15, 0.2) is 0 Å². The molecule has 0 aliphatic carbocycles. The smallest absolute Gasteiger partial charge is 0.304 e. The second-order valence-corrected chi connectivity index (χ2v) is 2.69. The van der Waals surface area contributed by atoms with Gasteiger partial charge in [-0.3, -0.25) is 0 Å². The lowest BCUT2D eigenvalue weighted by atomic mass is 10.6. The molecule has 0 aliphatic heterocycles. The van der Waals surface area contributed by atoms with Crippen molar-refractivity contribution in [2.45, 2.75) is 5.41 Å². The molecule has 5 heteroatoms. The molecule has 2 radical (unpaired) electrons. The molecule has 60 valence electrons. The minimum Gasteiger partial charge on any atom is -0.428 e. The fourth-order valence-electron chi connectivity index (χ4n) is 0.515. The van der Waals surface area contributed by atoms with Crippen molar-refractivity contribution in [2.75, 3.05) is 27.9 Å². The molecule has 0 aromatic carbocycles. The van der Waals surface area contributed by atoms with E-state index in [-0.39, 0.29) is 6.61 Å². The van der Waals surface area contributed by atoms with Gasteiger partial charge in [-0.15, -0.1) is 0 Å². The van der Waals surface area contributed by atoms with Crippen molar-refractivity contribution in [1.29, 1.82) is 0 Å². The normalized spacial score (nSPS) is 12.0. The highest BCUT2D eigenvalue weighted by atomic mass is 28.2. The van der Waals surface area contributed by atoms with E-state index in [0.29, 0.717) is 0 Å². The monoisotopic (exact) mass is 164 g/mol. The summed E-state index contributed by atoms with van der Waals surface area (Å²) in [6.07, 6.45) is 0. The molecule has 0 aliphatic rings. The van der Waals surface area contributed by atoms with Gasteiger partial charge in [0, 0.05) is 21.3 Å². The Hall–Kier alpha value is 0.0569. The molecule has 0 saturated heterocycles. The zero-order chi connectivity index (χ0) is 8.04. The third-order valence-electron chi connectivity index (χ3n) is 1.16. The molecule has 10 heavy (non-hydrogen) atoms. The number of methoxy groups -OCH3 is 3. The maximum absolute atomic E-state index is 8.81. The molecule has 0 amide bonds. The first-order chi connectivity index (χ1) is 4.74. The molecule has 0 saturated carbocycles. The van der Waals surface area contributed by atoms with Gasteiger partial charge in [-0.1, -0.05) is 0 Å². The van der Waals surface area contributed by atoms with Crippen molar-refractivity contribution in [3.05, 3.63) is 0 Å². The lowest BCUT2D eigenvalue weighted by molar-refractivity contribution is -0.178. The molecule has 0 fully saturated rings. The summed E-state index contributed by atoms with van der Waals surface area (Å²) >= 11 is 0. The molecule has 1 N–H and O–H groups in total. The third-order valence-corrected chi connectivity index (χ3v) is 2.06. The quantitative estimate of drug-likeness (QED) is 0.426. The van der Waals surface area contributed by atoms with Crippen molar-refractivity contribution >= 4 is 9.76 Å². The standard InChI is InChI=1S/C5H12O4Si/c1-7-4-5(8-2,9-3)10-6/h6H,4H2,1-3H3. The summed E-state index contributed by atoms with van der Waals surface area (Å²) in [5, 5.41) is 0. The highest BCUT2D eigenvalue weighted by molar-refractivity contribution is 6.29. The third kappa shape index (κ3) is 2.35. The first-order valence-corrected chi connectivity index (χ1v) is 3.70. The molecule has 0 aromatic heterocycles. The number of hydrogen-bond donors (Lipinski definition) is 1. The lowest BCUT2D eigenvalue weighted by Crippen LogP contribution is -2.44. The van der Waals surface area contributed by atoms with Crippen molar-refractivity contribution in [1.82, 2.24) is 0 Å². The van der Waals surface area contributed by atoms with Crippen LogP contribution in [0, 0.1) is 0 Å². The van der Waals surface area contributed by atoms with Gasteiger partial charge < -0.3 is 19.0 Å². The summed E-state index contributed by atoms with van der Waals surface area (Å²) < 4.78 is 14.6. The van der Waals surface area contributed by atoms with Crippen LogP contribution in [-0.2, 0) is 14.2 Å². The molecular formula is C5H12O4Si. The molecule has 0 spiro atoms. The number of hydrogen-bond acceptors (Lipinski definition) is 4. The first kappa shape index (κ1) is 10.1. The van der Waals surface area contributed by atoms with E-state index in [1.807, 2.05) is 0 Å². The van der Waals surface area contributed by atoms with Crippen LogP contribution in [0.25, 0.3) is 0 Å². The van der Waals surface area contributed by atoms with Crippen LogP contribution in [0.2, 0.25) is 0 Å². The lowest BCUT2D eigenvalue weighted by Gasteiger charge is -2.26. The Balaban J connectivity index is 3.87. The van der Waals surface area contributed by atoms with Crippen LogP contribution < -0.4 is 0 Å². The van der Waals surface area contributed by atoms with Crippen molar-refractivity contribution in [2.24, 2.45) is 0 Å². The van der Waals surface area contributed by atoms with Gasteiger partial charge in [0.15, 0.2) is 0 Å². The topological polar surface area (TPSA) is 47.9 Å². The van der Waals surface area contributed by atoms with Gasteiger partial charge in [0.2, 0.25) is 5.41 Å². The van der Waals surface area contributed by atoms with Crippen LogP contribution in [0.5, 0.6) is 0 Å². The maximum atomic E-state index is 8.81. The maximum Gasteiger partial charge on any atom is 0.304 e. The SMILES string of the molecule is COCC(OC)(OC)[Si]O. The summed E-state index contributed by atoms with van der Waals surface area (Å²) in [4.78, 5) is 8.81. The zero-order valence-corrected chi connectivity index (χ0v) is 7.38. The fraction of sp³-hybridized carbons (Fsp3) is 1.00. The van der Waals surface area contributed by atoms with E-state index >= 15 is 0 Å². The summed E-state index contributed by atoms with van der Waals surface area (Å²) in [5.41, 5.74) is -0.964. The Morgan fingerprint density at radius 2 is 1.80 bits per heavy atom. The van der Waals surface area contributed by atoms with Crippen LogP contribution >= 0.6 is 0 Å². The van der Waals surface area contributed by atoms with Gasteiger partial charge in [0.25, 0.3) is 0 Å². The Kier molecular flexibility index (Phi) is 4.84. The second-order valence-electron chi connectivity index (χ2n) is 1.71. The van der Waals surface area contributed by atoms with Gasteiger partial charge in [-0.2, -0.15) is 0 Å². The van der Waals surface area contributed by atoms with Gasteiger partial charge in [-0.05, 0) is 0 Å². The van der Waals surface area contributed by atoms with Gasteiger partial charge in [0.1, 0.15) is 0 Å². The summed E-state index contributed by atoms with van der Waals surface area (Å²) in [5.74, 6) is 0. The molecule has 0 rings (SSSR count). The average molecular weight is 164 g/mol. The molecule has 4 nitrogen and oxygen atoms in total. The summed E-state index contributed by atoms with van der Waals surface area (Å²) in [6.45, 7) is 0.231. The Labute approximate surface area is 63.0 Å². The van der Waals surface area contributed by atoms with E-state index in [1.165, 1.54) is 21.3 Å². The highest BCUT2D eigenvalue weighted by Crippen LogP contribution is 2.07. The summed E-state index contributed by atoms with van der Waals surface area (Å²) in [7, 11) is 4.01. The zero-order valence-electron chi connectivity index (χ0n) is 6.38. The van der Waals surface area contributed by atoms with E-state index in [0.717, 1.165) is 0 Å². The van der Waals surface area contributed by atoms with E-state index in [4.69, 9.17) is 19.0 Å². The minimum absolute atomic E-state index is 0.231. The minimum atomic E-state index is -0.964. The molecular weight excluding hydrogens is 152 g/mol. The van der Waals surface area contributed by atoms with Crippen molar-refractivity contribution in [3.8, 4) is 0 Å². The van der Waals surface area contributed by atoms with Gasteiger partial charge in [0.05, 0.1) is 6.61 Å². The molecule has 0 heterocycles. The van der Waals surface area contributed by atoms with Crippen LogP contribution in [0.1, 0.15) is 0 Å². The Morgan fingerprint density at radius 3 is 1.90 bits per heavy atom. The number of ether oxygens (including phenoxy) is 3. The van der Waals surface area contributed by atoms with Crippen molar-refractivity contribution < 1.29 is 19.0 Å². The van der Waals surface area contributed by atoms with Crippen LogP contribution in [0.3, 0.4) is 0 Å². The van der Waals surface area contributed by atoms with E-state index in [2.05, 4.69) is 0 Å². The van der Waals surface area contributed by atoms with E-state index < -0.39 is 15.2 Å². The van der Waals surface area contributed by atoms with Crippen molar-refractivity contribution in [3.63, 3.8) is 0 Å². The summed E-state index contributed by atoms with van der Waals surface area (Å²) in [6, 6.07) is 0. The average Bonchev–Trinajstić information content (AvgIpc) is 2.01.